The number of aliphatic imine (C=N–C) groups is 1. The van der Waals surface area contributed by atoms with Crippen LogP contribution in [0.3, 0.4) is 0 Å². The number of hydrogen-bond acceptors (Lipinski definition) is 3. The third kappa shape index (κ3) is 9.76. The number of nitrogens with one attached hydrogen (secondary N) is 1. The van der Waals surface area contributed by atoms with Gasteiger partial charge in [-0.15, -0.1) is 24.0 Å². The van der Waals surface area contributed by atoms with E-state index in [9.17, 15) is 0 Å². The standard InChI is InChI=1S/C21H37N5.HI/c1-3-5-6-7-12-23-21(22)24-17-19-8-10-20(11-9-19)18-26-15-13-25(4-2)14-16-26;/h8-11H,3-7,12-18H2,1-2H3,(H3,22,23,24);1H. The van der Waals surface area contributed by atoms with Crippen molar-refractivity contribution in [2.75, 3.05) is 39.3 Å². The fraction of sp³-hybridized carbons (Fsp3) is 0.667. The van der Waals surface area contributed by atoms with Gasteiger partial charge < -0.3 is 16.0 Å². The molecule has 3 N–H and O–H groups in total. The monoisotopic (exact) mass is 487 g/mol. The van der Waals surface area contributed by atoms with E-state index in [1.54, 1.807) is 0 Å². The summed E-state index contributed by atoms with van der Waals surface area (Å²) in [5.41, 5.74) is 8.53. The number of unbranched alkanes of at least 4 members (excludes halogenated alkanes) is 3. The molecular formula is C21H38IN5. The zero-order valence-corrected chi connectivity index (χ0v) is 19.5. The molecule has 27 heavy (non-hydrogen) atoms. The highest BCUT2D eigenvalue weighted by atomic mass is 127. The van der Waals surface area contributed by atoms with Crippen LogP contribution < -0.4 is 11.1 Å². The molecule has 0 amide bonds. The van der Waals surface area contributed by atoms with Crippen LogP contribution in [-0.4, -0.2) is 55.0 Å². The van der Waals surface area contributed by atoms with Gasteiger partial charge >= 0.3 is 0 Å². The van der Waals surface area contributed by atoms with Crippen LogP contribution in [0.25, 0.3) is 0 Å². The van der Waals surface area contributed by atoms with Gasteiger partial charge in [0.25, 0.3) is 0 Å². The molecule has 0 spiro atoms. The van der Waals surface area contributed by atoms with E-state index in [1.807, 2.05) is 0 Å². The second-order valence-electron chi connectivity index (χ2n) is 7.22. The van der Waals surface area contributed by atoms with E-state index in [1.165, 1.54) is 63.1 Å². The van der Waals surface area contributed by atoms with E-state index in [-0.39, 0.29) is 24.0 Å². The van der Waals surface area contributed by atoms with Gasteiger partial charge in [-0.25, -0.2) is 4.99 Å². The Labute approximate surface area is 182 Å². The van der Waals surface area contributed by atoms with E-state index in [4.69, 9.17) is 5.73 Å². The van der Waals surface area contributed by atoms with Gasteiger partial charge in [-0.05, 0) is 24.1 Å². The van der Waals surface area contributed by atoms with Crippen molar-refractivity contribution in [3.63, 3.8) is 0 Å². The topological polar surface area (TPSA) is 56.9 Å². The zero-order chi connectivity index (χ0) is 18.6. The Morgan fingerprint density at radius 2 is 1.59 bits per heavy atom. The number of rotatable bonds is 10. The number of halogens is 1. The van der Waals surface area contributed by atoms with Gasteiger partial charge in [0.1, 0.15) is 0 Å². The fourth-order valence-corrected chi connectivity index (χ4v) is 3.27. The smallest absolute Gasteiger partial charge is 0.188 e. The summed E-state index contributed by atoms with van der Waals surface area (Å²) >= 11 is 0. The first-order chi connectivity index (χ1) is 12.7. The molecule has 0 aromatic heterocycles. The second-order valence-corrected chi connectivity index (χ2v) is 7.22. The second kappa shape index (κ2) is 14.2. The van der Waals surface area contributed by atoms with Crippen molar-refractivity contribution in [3.05, 3.63) is 35.4 Å². The van der Waals surface area contributed by atoms with Gasteiger partial charge in [0.15, 0.2) is 5.96 Å². The maximum atomic E-state index is 5.94. The number of piperazine rings is 1. The van der Waals surface area contributed by atoms with Crippen LogP contribution >= 0.6 is 24.0 Å². The highest BCUT2D eigenvalue weighted by Crippen LogP contribution is 2.11. The van der Waals surface area contributed by atoms with E-state index >= 15 is 0 Å². The Morgan fingerprint density at radius 3 is 2.22 bits per heavy atom. The summed E-state index contributed by atoms with van der Waals surface area (Å²) < 4.78 is 0. The molecule has 1 heterocycles. The summed E-state index contributed by atoms with van der Waals surface area (Å²) in [5, 5.41) is 3.20. The molecule has 154 valence electrons. The molecule has 1 saturated heterocycles. The minimum absolute atomic E-state index is 0. The molecule has 0 bridgehead atoms. The predicted molar refractivity (Wildman–Crippen MR) is 127 cm³/mol. The van der Waals surface area contributed by atoms with Gasteiger partial charge in [-0.1, -0.05) is 57.4 Å². The van der Waals surface area contributed by atoms with Crippen LogP contribution in [0, 0.1) is 0 Å². The number of hydrogen-bond donors (Lipinski definition) is 2. The third-order valence-corrected chi connectivity index (χ3v) is 5.11. The lowest BCUT2D eigenvalue weighted by atomic mass is 10.1. The molecule has 1 aromatic rings. The number of guanidine groups is 1. The van der Waals surface area contributed by atoms with Crippen LogP contribution in [0.1, 0.15) is 50.7 Å². The zero-order valence-electron chi connectivity index (χ0n) is 17.1. The molecule has 1 aliphatic heterocycles. The Morgan fingerprint density at radius 1 is 0.963 bits per heavy atom. The van der Waals surface area contributed by atoms with Crippen LogP contribution in [0.2, 0.25) is 0 Å². The van der Waals surface area contributed by atoms with Gasteiger partial charge in [0.2, 0.25) is 0 Å². The highest BCUT2D eigenvalue weighted by molar-refractivity contribution is 14.0. The molecule has 0 radical (unpaired) electrons. The molecule has 0 aliphatic carbocycles. The predicted octanol–water partition coefficient (Wildman–Crippen LogP) is 3.43. The molecule has 6 heteroatoms. The van der Waals surface area contributed by atoms with Crippen LogP contribution in [-0.2, 0) is 13.1 Å². The Balaban J connectivity index is 0.00000364. The van der Waals surface area contributed by atoms with Crippen LogP contribution in [0.15, 0.2) is 29.3 Å². The van der Waals surface area contributed by atoms with E-state index in [0.717, 1.165) is 19.5 Å². The van der Waals surface area contributed by atoms with Gasteiger partial charge in [0.05, 0.1) is 6.54 Å². The van der Waals surface area contributed by atoms with Crippen molar-refractivity contribution < 1.29 is 0 Å². The lowest BCUT2D eigenvalue weighted by molar-refractivity contribution is 0.132. The minimum atomic E-state index is 0. The number of likely N-dealkylation sites (N-methyl/N-ethyl adjacent to an activating group) is 1. The Kier molecular flexibility index (Phi) is 12.7. The third-order valence-electron chi connectivity index (χ3n) is 5.11. The summed E-state index contributed by atoms with van der Waals surface area (Å²) in [6.07, 6.45) is 4.96. The summed E-state index contributed by atoms with van der Waals surface area (Å²) in [5.74, 6) is 0.555. The molecule has 1 aromatic carbocycles. The molecule has 1 fully saturated rings. The fourth-order valence-electron chi connectivity index (χ4n) is 3.27. The van der Waals surface area contributed by atoms with E-state index in [0.29, 0.717) is 12.5 Å². The van der Waals surface area contributed by atoms with Crippen molar-refractivity contribution in [2.45, 2.75) is 52.6 Å². The molecule has 0 unspecified atom stereocenters. The number of benzene rings is 1. The lowest BCUT2D eigenvalue weighted by Gasteiger charge is -2.34. The van der Waals surface area contributed by atoms with Crippen molar-refractivity contribution in [1.82, 2.24) is 15.1 Å². The summed E-state index contributed by atoms with van der Waals surface area (Å²) in [7, 11) is 0. The van der Waals surface area contributed by atoms with Gasteiger partial charge in [0, 0.05) is 39.3 Å². The van der Waals surface area contributed by atoms with Gasteiger partial charge in [-0.3, -0.25) is 4.90 Å². The van der Waals surface area contributed by atoms with E-state index in [2.05, 4.69) is 58.2 Å². The average Bonchev–Trinajstić information content (AvgIpc) is 2.68. The van der Waals surface area contributed by atoms with Crippen LogP contribution in [0.4, 0.5) is 0 Å². The van der Waals surface area contributed by atoms with Crippen molar-refractivity contribution in [2.24, 2.45) is 10.7 Å². The normalized spacial score (nSPS) is 16.1. The first-order valence-electron chi connectivity index (χ1n) is 10.3. The highest BCUT2D eigenvalue weighted by Gasteiger charge is 2.15. The average molecular weight is 487 g/mol. The largest absolute Gasteiger partial charge is 0.370 e. The maximum Gasteiger partial charge on any atom is 0.188 e. The number of nitrogens with two attached hydrogens (primary N) is 1. The molecule has 5 nitrogen and oxygen atoms in total. The maximum absolute atomic E-state index is 5.94. The number of nitrogens with zero attached hydrogens (tertiary/aromatic N) is 3. The van der Waals surface area contributed by atoms with Crippen molar-refractivity contribution in [1.29, 1.82) is 0 Å². The summed E-state index contributed by atoms with van der Waals surface area (Å²) in [6.45, 7) is 12.9. The van der Waals surface area contributed by atoms with Crippen molar-refractivity contribution in [3.8, 4) is 0 Å². The molecule has 0 atom stereocenters. The molecule has 1 aliphatic rings. The van der Waals surface area contributed by atoms with Crippen molar-refractivity contribution >= 4 is 29.9 Å². The summed E-state index contributed by atoms with van der Waals surface area (Å²) in [4.78, 5) is 9.50. The Bertz CT molecular complexity index is 524. The molecular weight excluding hydrogens is 449 g/mol. The molecule has 0 saturated carbocycles. The van der Waals surface area contributed by atoms with E-state index < -0.39 is 0 Å². The summed E-state index contributed by atoms with van der Waals surface area (Å²) in [6, 6.07) is 8.81. The first-order valence-corrected chi connectivity index (χ1v) is 10.3. The molecule has 2 rings (SSSR count). The van der Waals surface area contributed by atoms with Crippen LogP contribution in [0.5, 0.6) is 0 Å². The first kappa shape index (κ1) is 24.2. The SMILES string of the molecule is CCCCCCNC(N)=NCc1ccc(CN2CCN(CC)CC2)cc1.I. The quantitative estimate of drug-likeness (QED) is 0.230. The minimum Gasteiger partial charge on any atom is -0.370 e. The lowest BCUT2D eigenvalue weighted by Crippen LogP contribution is -2.45. The van der Waals surface area contributed by atoms with Gasteiger partial charge in [-0.2, -0.15) is 0 Å². The Hall–Kier alpha value is -0.860.